The molecule has 1 aromatic heterocycles. The summed E-state index contributed by atoms with van der Waals surface area (Å²) in [7, 11) is 4.11. The summed E-state index contributed by atoms with van der Waals surface area (Å²) >= 11 is 12.1. The van der Waals surface area contributed by atoms with Crippen molar-refractivity contribution in [1.29, 1.82) is 0 Å². The molecular weight excluding hydrogens is 343 g/mol. The van der Waals surface area contributed by atoms with Gasteiger partial charge >= 0.3 is 0 Å². The largest absolute Gasteiger partial charge is 0.491 e. The van der Waals surface area contributed by atoms with Gasteiger partial charge in [-0.1, -0.05) is 35.3 Å². The number of hydrogen-bond donors (Lipinski definition) is 0. The predicted molar refractivity (Wildman–Crippen MR) is 103 cm³/mol. The number of hydrogen-bond acceptors (Lipinski definition) is 3. The molecular formula is C19H22Cl2N2O. The summed E-state index contributed by atoms with van der Waals surface area (Å²) in [5.74, 6) is 0.778. The highest BCUT2D eigenvalue weighted by atomic mass is 35.5. The first-order valence-electron chi connectivity index (χ1n) is 7.84. The van der Waals surface area contributed by atoms with E-state index in [0.29, 0.717) is 16.7 Å². The smallest absolute Gasteiger partial charge is 0.144 e. The van der Waals surface area contributed by atoms with Crippen LogP contribution >= 0.6 is 23.2 Å². The van der Waals surface area contributed by atoms with Crippen molar-refractivity contribution in [2.45, 2.75) is 13.3 Å². The molecule has 0 saturated carbocycles. The van der Waals surface area contributed by atoms with Crippen molar-refractivity contribution in [2.75, 3.05) is 27.2 Å². The molecule has 0 bridgehead atoms. The Kier molecular flexibility index (Phi) is 7.10. The molecule has 1 heterocycles. The lowest BCUT2D eigenvalue weighted by molar-refractivity contribution is 0.280. The van der Waals surface area contributed by atoms with E-state index in [4.69, 9.17) is 27.9 Å². The second kappa shape index (κ2) is 9.07. The molecule has 128 valence electrons. The van der Waals surface area contributed by atoms with Crippen molar-refractivity contribution < 1.29 is 4.74 Å². The molecule has 3 nitrogen and oxygen atoms in total. The van der Waals surface area contributed by atoms with E-state index in [1.165, 1.54) is 0 Å². The van der Waals surface area contributed by atoms with Gasteiger partial charge in [-0.15, -0.1) is 0 Å². The van der Waals surface area contributed by atoms with Gasteiger partial charge < -0.3 is 9.64 Å². The Morgan fingerprint density at radius 1 is 1.12 bits per heavy atom. The van der Waals surface area contributed by atoms with E-state index in [-0.39, 0.29) is 0 Å². The van der Waals surface area contributed by atoms with Gasteiger partial charge in [0.15, 0.2) is 0 Å². The second-order valence-corrected chi connectivity index (χ2v) is 6.68. The summed E-state index contributed by atoms with van der Waals surface area (Å²) < 4.78 is 5.89. The molecule has 24 heavy (non-hydrogen) atoms. The molecule has 0 atom stereocenters. The Morgan fingerprint density at radius 2 is 1.92 bits per heavy atom. The highest BCUT2D eigenvalue weighted by Gasteiger charge is 2.04. The van der Waals surface area contributed by atoms with Crippen LogP contribution in [0.5, 0.6) is 5.75 Å². The summed E-state index contributed by atoms with van der Waals surface area (Å²) in [4.78, 5) is 6.70. The summed E-state index contributed by atoms with van der Waals surface area (Å²) in [6.07, 6.45) is 4.81. The fraction of sp³-hybridized carbons (Fsp3) is 0.316. The number of ether oxygens (including phenoxy) is 1. The number of aryl methyl sites for hydroxylation is 1. The number of pyridine rings is 1. The third-order valence-corrected chi connectivity index (χ3v) is 3.98. The van der Waals surface area contributed by atoms with Gasteiger partial charge in [-0.3, -0.25) is 0 Å². The number of rotatable bonds is 7. The van der Waals surface area contributed by atoms with Crippen LogP contribution in [0.3, 0.4) is 0 Å². The van der Waals surface area contributed by atoms with E-state index >= 15 is 0 Å². The van der Waals surface area contributed by atoms with E-state index in [9.17, 15) is 0 Å². The summed E-state index contributed by atoms with van der Waals surface area (Å²) in [5, 5.41) is 1.23. The predicted octanol–water partition coefficient (Wildman–Crippen LogP) is 5.20. The molecule has 1 aromatic carbocycles. The Balaban J connectivity index is 2.13. The lowest BCUT2D eigenvalue weighted by atomic mass is 10.2. The fourth-order valence-corrected chi connectivity index (χ4v) is 2.65. The normalized spacial score (nSPS) is 11.4. The first kappa shape index (κ1) is 18.8. The number of nitrogens with zero attached hydrogens (tertiary/aromatic N) is 2. The minimum atomic E-state index is 0.611. The molecule has 5 heteroatoms. The fourth-order valence-electron chi connectivity index (χ4n) is 2.17. The van der Waals surface area contributed by atoms with Crippen molar-refractivity contribution in [3.05, 3.63) is 57.3 Å². The van der Waals surface area contributed by atoms with Crippen LogP contribution in [0.15, 0.2) is 30.3 Å². The monoisotopic (exact) mass is 364 g/mol. The Morgan fingerprint density at radius 3 is 2.62 bits per heavy atom. The number of benzene rings is 1. The molecule has 0 aliphatic heterocycles. The van der Waals surface area contributed by atoms with Crippen LogP contribution in [0.4, 0.5) is 0 Å². The third kappa shape index (κ3) is 5.82. The number of halogens is 2. The highest BCUT2D eigenvalue weighted by Crippen LogP contribution is 2.25. The second-order valence-electron chi connectivity index (χ2n) is 5.84. The third-order valence-electron chi connectivity index (χ3n) is 3.42. The first-order valence-corrected chi connectivity index (χ1v) is 8.59. The van der Waals surface area contributed by atoms with Crippen molar-refractivity contribution in [3.8, 4) is 5.75 Å². The SMILES string of the molecule is Cc1ccc(OCCCN(C)C)c(C=Cc2ccc(Cl)cc2Cl)n1. The molecule has 0 unspecified atom stereocenters. The topological polar surface area (TPSA) is 25.4 Å². The van der Waals surface area contributed by atoms with Crippen LogP contribution in [-0.2, 0) is 0 Å². The zero-order chi connectivity index (χ0) is 17.5. The molecule has 0 aliphatic rings. The molecule has 0 fully saturated rings. The highest BCUT2D eigenvalue weighted by molar-refractivity contribution is 6.35. The van der Waals surface area contributed by atoms with E-state index in [2.05, 4.69) is 24.0 Å². The maximum atomic E-state index is 6.21. The quantitative estimate of drug-likeness (QED) is 0.631. The molecule has 0 N–H and O–H groups in total. The van der Waals surface area contributed by atoms with Crippen LogP contribution in [-0.4, -0.2) is 37.1 Å². The first-order chi connectivity index (χ1) is 11.5. The molecule has 2 aromatic rings. The van der Waals surface area contributed by atoms with Crippen molar-refractivity contribution in [2.24, 2.45) is 0 Å². The van der Waals surface area contributed by atoms with Gasteiger partial charge in [0.05, 0.1) is 6.61 Å². The Hall–Kier alpha value is -1.55. The van der Waals surface area contributed by atoms with Crippen molar-refractivity contribution >= 4 is 35.4 Å². The molecule has 0 amide bonds. The van der Waals surface area contributed by atoms with Gasteiger partial charge in [-0.25, -0.2) is 4.98 Å². The lowest BCUT2D eigenvalue weighted by Gasteiger charge is -2.12. The van der Waals surface area contributed by atoms with Gasteiger partial charge in [-0.2, -0.15) is 0 Å². The number of aromatic nitrogens is 1. The average Bonchev–Trinajstić information content (AvgIpc) is 2.52. The van der Waals surface area contributed by atoms with E-state index in [1.54, 1.807) is 6.07 Å². The Bertz CT molecular complexity index is 715. The Labute approximate surface area is 153 Å². The molecule has 0 saturated heterocycles. The van der Waals surface area contributed by atoms with E-state index in [1.807, 2.05) is 43.3 Å². The zero-order valence-electron chi connectivity index (χ0n) is 14.2. The van der Waals surface area contributed by atoms with Crippen LogP contribution in [0.25, 0.3) is 12.2 Å². The molecule has 2 rings (SSSR count). The van der Waals surface area contributed by atoms with E-state index in [0.717, 1.165) is 35.7 Å². The zero-order valence-corrected chi connectivity index (χ0v) is 15.7. The van der Waals surface area contributed by atoms with Gasteiger partial charge in [-0.05, 0) is 63.3 Å². The minimum Gasteiger partial charge on any atom is -0.491 e. The lowest BCUT2D eigenvalue weighted by Crippen LogP contribution is -2.15. The van der Waals surface area contributed by atoms with Gasteiger partial charge in [0.25, 0.3) is 0 Å². The standard InChI is InChI=1S/C19H22Cl2N2O/c1-14-5-10-19(24-12-4-11-23(2)3)18(22-14)9-7-15-6-8-16(20)13-17(15)21/h5-10,13H,4,11-12H2,1-3H3. The summed E-state index contributed by atoms with van der Waals surface area (Å²) in [5.41, 5.74) is 2.63. The van der Waals surface area contributed by atoms with Crippen LogP contribution in [0, 0.1) is 6.92 Å². The van der Waals surface area contributed by atoms with Crippen LogP contribution in [0.1, 0.15) is 23.4 Å². The van der Waals surface area contributed by atoms with Crippen molar-refractivity contribution in [1.82, 2.24) is 9.88 Å². The van der Waals surface area contributed by atoms with E-state index < -0.39 is 0 Å². The molecule has 0 spiro atoms. The average molecular weight is 365 g/mol. The van der Waals surface area contributed by atoms with Gasteiger partial charge in [0.1, 0.15) is 11.4 Å². The van der Waals surface area contributed by atoms with Crippen LogP contribution < -0.4 is 4.74 Å². The van der Waals surface area contributed by atoms with Crippen LogP contribution in [0.2, 0.25) is 10.0 Å². The van der Waals surface area contributed by atoms with Crippen molar-refractivity contribution in [3.63, 3.8) is 0 Å². The van der Waals surface area contributed by atoms with Gasteiger partial charge in [0, 0.05) is 22.3 Å². The minimum absolute atomic E-state index is 0.611. The maximum Gasteiger partial charge on any atom is 0.144 e. The maximum absolute atomic E-state index is 6.21. The van der Waals surface area contributed by atoms with Gasteiger partial charge in [0.2, 0.25) is 0 Å². The summed E-state index contributed by atoms with van der Waals surface area (Å²) in [6, 6.07) is 9.34. The molecule has 0 radical (unpaired) electrons. The summed E-state index contributed by atoms with van der Waals surface area (Å²) in [6.45, 7) is 3.61. The molecule has 0 aliphatic carbocycles.